The predicted molar refractivity (Wildman–Crippen MR) is 78.8 cm³/mol. The molecular formula is C13H12Cl2F3NO3Ru. The summed E-state index contributed by atoms with van der Waals surface area (Å²) in [6.07, 6.45) is -5.38. The standard InChI is InChI=1S/C13H12F3NO3.2ClH.Ru/c1-7(2)20-10-5-4-9(6-8(10)3)17-12(19)11(18)13(14,15)16;;;/h3-7H,1-2H3,(H,17,19);2*1H;/q;;;+2/p-2. The van der Waals surface area contributed by atoms with Crippen molar-refractivity contribution in [2.24, 2.45) is 0 Å². The molecule has 130 valence electrons. The van der Waals surface area contributed by atoms with Crippen LogP contribution >= 0.6 is 19.4 Å². The van der Waals surface area contributed by atoms with Gasteiger partial charge < -0.3 is 0 Å². The minimum atomic E-state index is -5.23. The summed E-state index contributed by atoms with van der Waals surface area (Å²) in [4.78, 5) is 22.1. The predicted octanol–water partition coefficient (Wildman–Crippen LogP) is 3.62. The molecule has 0 fully saturated rings. The molecule has 1 rings (SSSR count). The van der Waals surface area contributed by atoms with E-state index in [1.165, 1.54) is 22.8 Å². The Hall–Kier alpha value is -0.977. The summed E-state index contributed by atoms with van der Waals surface area (Å²) in [5, 5.41) is 1.89. The van der Waals surface area contributed by atoms with Crippen LogP contribution < -0.4 is 10.1 Å². The van der Waals surface area contributed by atoms with Crippen molar-refractivity contribution in [2.75, 3.05) is 5.32 Å². The van der Waals surface area contributed by atoms with E-state index in [-0.39, 0.29) is 11.8 Å². The van der Waals surface area contributed by atoms with E-state index < -0.39 is 31.4 Å². The molecule has 0 spiro atoms. The second-order valence-corrected chi connectivity index (χ2v) is 10.2. The molecule has 1 amide bonds. The van der Waals surface area contributed by atoms with Gasteiger partial charge >= 0.3 is 143 Å². The maximum atomic E-state index is 12.2. The van der Waals surface area contributed by atoms with Gasteiger partial charge in [-0.3, -0.25) is 0 Å². The molecule has 0 saturated carbocycles. The first kappa shape index (κ1) is 20.1. The average Bonchev–Trinajstić information content (AvgIpc) is 2.38. The van der Waals surface area contributed by atoms with Crippen molar-refractivity contribution in [2.45, 2.75) is 26.1 Å². The SMILES string of the molecule is CC(C)Oc1ccc(NC(=O)C(=O)C(F)(F)F)cc1[CH]=[Ru]([Cl])[Cl]. The van der Waals surface area contributed by atoms with Crippen LogP contribution in [0.1, 0.15) is 19.4 Å². The number of carbonyl (C=O) groups is 2. The van der Waals surface area contributed by atoms with Gasteiger partial charge in [-0.25, -0.2) is 0 Å². The molecule has 4 nitrogen and oxygen atoms in total. The van der Waals surface area contributed by atoms with Crippen LogP contribution in [0.5, 0.6) is 5.75 Å². The second-order valence-electron chi connectivity index (χ2n) is 4.51. The van der Waals surface area contributed by atoms with E-state index in [1.807, 2.05) is 5.32 Å². The van der Waals surface area contributed by atoms with Gasteiger partial charge in [0.15, 0.2) is 0 Å². The molecule has 0 saturated heterocycles. The molecule has 0 aliphatic rings. The fourth-order valence-electron chi connectivity index (χ4n) is 1.47. The fourth-order valence-corrected chi connectivity index (χ4v) is 3.25. The van der Waals surface area contributed by atoms with Crippen LogP contribution in [0.15, 0.2) is 18.2 Å². The van der Waals surface area contributed by atoms with E-state index in [0.717, 1.165) is 0 Å². The zero-order valence-electron chi connectivity index (χ0n) is 11.9. The van der Waals surface area contributed by atoms with Crippen LogP contribution in [0.3, 0.4) is 0 Å². The first-order valence-electron chi connectivity index (χ1n) is 6.07. The second kappa shape index (κ2) is 8.22. The third kappa shape index (κ3) is 6.57. The Morgan fingerprint density at radius 2 is 1.91 bits per heavy atom. The number of halogens is 5. The Bertz CT molecular complexity index is 644. The first-order chi connectivity index (χ1) is 10.5. The number of alkyl halides is 3. The van der Waals surface area contributed by atoms with E-state index in [0.29, 0.717) is 11.3 Å². The van der Waals surface area contributed by atoms with Gasteiger partial charge in [0.1, 0.15) is 0 Å². The van der Waals surface area contributed by atoms with Crippen LogP contribution in [0.2, 0.25) is 0 Å². The van der Waals surface area contributed by atoms with Crippen molar-refractivity contribution >= 4 is 41.4 Å². The van der Waals surface area contributed by atoms with E-state index in [2.05, 4.69) is 0 Å². The van der Waals surface area contributed by atoms with Gasteiger partial charge in [0.25, 0.3) is 0 Å². The monoisotopic (exact) mass is 459 g/mol. The zero-order valence-corrected chi connectivity index (χ0v) is 15.1. The Labute approximate surface area is 143 Å². The van der Waals surface area contributed by atoms with Gasteiger partial charge in [-0.05, 0) is 0 Å². The van der Waals surface area contributed by atoms with Gasteiger partial charge in [0, 0.05) is 0 Å². The number of hydrogen-bond donors (Lipinski definition) is 1. The molecule has 0 atom stereocenters. The number of benzene rings is 1. The fraction of sp³-hybridized carbons (Fsp3) is 0.308. The molecule has 0 unspecified atom stereocenters. The third-order valence-corrected chi connectivity index (χ3v) is 4.11. The van der Waals surface area contributed by atoms with Crippen molar-refractivity contribution in [3.05, 3.63) is 23.8 Å². The Morgan fingerprint density at radius 1 is 1.30 bits per heavy atom. The van der Waals surface area contributed by atoms with Crippen molar-refractivity contribution in [3.8, 4) is 5.75 Å². The number of carbonyl (C=O) groups excluding carboxylic acids is 2. The summed E-state index contributed by atoms with van der Waals surface area (Å²) in [6, 6.07) is 4.10. The van der Waals surface area contributed by atoms with Gasteiger partial charge in [0.2, 0.25) is 0 Å². The van der Waals surface area contributed by atoms with Crippen LogP contribution in [0.25, 0.3) is 0 Å². The van der Waals surface area contributed by atoms with Crippen molar-refractivity contribution in [1.29, 1.82) is 0 Å². The molecule has 1 aromatic rings. The van der Waals surface area contributed by atoms with Crippen molar-refractivity contribution < 1.29 is 41.0 Å². The van der Waals surface area contributed by atoms with Gasteiger partial charge in [-0.1, -0.05) is 0 Å². The average molecular weight is 459 g/mol. The maximum absolute atomic E-state index is 12.2. The van der Waals surface area contributed by atoms with Crippen LogP contribution in [0.4, 0.5) is 18.9 Å². The molecule has 10 heteroatoms. The van der Waals surface area contributed by atoms with Gasteiger partial charge in [0.05, 0.1) is 0 Å². The molecule has 1 N–H and O–H groups in total. The van der Waals surface area contributed by atoms with Crippen LogP contribution in [-0.2, 0) is 23.1 Å². The molecular weight excluding hydrogens is 447 g/mol. The Balaban J connectivity index is 3.08. The van der Waals surface area contributed by atoms with E-state index in [4.69, 9.17) is 24.1 Å². The van der Waals surface area contributed by atoms with Crippen LogP contribution in [-0.4, -0.2) is 28.6 Å². The Kier molecular flexibility index (Phi) is 7.17. The number of nitrogens with one attached hydrogen (secondary N) is 1. The zero-order chi connectivity index (χ0) is 17.8. The number of rotatable bonds is 5. The normalized spacial score (nSPS) is 11.9. The number of hydrogen-bond acceptors (Lipinski definition) is 3. The van der Waals surface area contributed by atoms with Crippen molar-refractivity contribution in [3.63, 3.8) is 0 Å². The van der Waals surface area contributed by atoms with E-state index in [1.54, 1.807) is 13.8 Å². The summed E-state index contributed by atoms with van der Waals surface area (Å²) < 4.78 is 43.6. The molecule has 0 aliphatic carbocycles. The summed E-state index contributed by atoms with van der Waals surface area (Å²) in [5.41, 5.74) is 0.429. The molecule has 23 heavy (non-hydrogen) atoms. The summed E-state index contributed by atoms with van der Waals surface area (Å²) in [7, 11) is 11.6. The number of ketones is 1. The first-order valence-corrected chi connectivity index (χ1v) is 11.5. The molecule has 0 aliphatic heterocycles. The van der Waals surface area contributed by atoms with Gasteiger partial charge in [-0.15, -0.1) is 0 Å². The third-order valence-electron chi connectivity index (χ3n) is 2.28. The summed E-state index contributed by atoms with van der Waals surface area (Å²) >= 11 is -2.24. The molecule has 0 heterocycles. The number of ether oxygens (including phenoxy) is 1. The van der Waals surface area contributed by atoms with Crippen molar-refractivity contribution in [1.82, 2.24) is 0 Å². The number of amides is 1. The summed E-state index contributed by atoms with van der Waals surface area (Å²) in [5.74, 6) is -3.83. The van der Waals surface area contributed by atoms with E-state index >= 15 is 0 Å². The molecule has 0 aromatic heterocycles. The quantitative estimate of drug-likeness (QED) is 0.541. The van der Waals surface area contributed by atoms with Crippen LogP contribution in [0, 0.1) is 0 Å². The van der Waals surface area contributed by atoms with Gasteiger partial charge in [-0.2, -0.15) is 0 Å². The number of anilines is 1. The molecule has 0 radical (unpaired) electrons. The topological polar surface area (TPSA) is 55.4 Å². The summed E-state index contributed by atoms with van der Waals surface area (Å²) in [6.45, 7) is 3.58. The Morgan fingerprint density at radius 3 is 2.39 bits per heavy atom. The minimum absolute atomic E-state index is 0.00120. The molecule has 0 bridgehead atoms. The number of Topliss-reactive ketones (excluding diaryl/α,β-unsaturated/α-hetero) is 1. The van der Waals surface area contributed by atoms with E-state index in [9.17, 15) is 22.8 Å². The molecule has 1 aromatic carbocycles.